The Morgan fingerprint density at radius 2 is 1.57 bits per heavy atom. The second-order valence-electron chi connectivity index (χ2n) is 7.09. The lowest BCUT2D eigenvalue weighted by atomic mass is 9.49. The van der Waals surface area contributed by atoms with Gasteiger partial charge in [0.15, 0.2) is 5.94 Å². The van der Waals surface area contributed by atoms with Crippen molar-refractivity contribution in [3.05, 3.63) is 0 Å². The van der Waals surface area contributed by atoms with Gasteiger partial charge in [-0.15, -0.1) is 0 Å². The zero-order valence-electron chi connectivity index (χ0n) is 12.0. The first-order valence-electron chi connectivity index (χ1n) is 7.57. The van der Waals surface area contributed by atoms with Crippen molar-refractivity contribution >= 4 is 16.3 Å². The van der Waals surface area contributed by atoms with Crippen LogP contribution in [0.1, 0.15) is 44.9 Å². The fourth-order valence-corrected chi connectivity index (χ4v) is 5.35. The summed E-state index contributed by atoms with van der Waals surface area (Å²) in [6.07, 6.45) is 7.52. The van der Waals surface area contributed by atoms with Crippen molar-refractivity contribution in [2.75, 3.05) is 12.5 Å². The second kappa shape index (κ2) is 5.43. The number of ether oxygens (including phenoxy) is 2. The van der Waals surface area contributed by atoms with E-state index >= 15 is 0 Å². The molecule has 0 spiro atoms. The van der Waals surface area contributed by atoms with Crippen molar-refractivity contribution < 1.29 is 27.2 Å². The van der Waals surface area contributed by atoms with Crippen molar-refractivity contribution in [3.63, 3.8) is 0 Å². The standard InChI is InChI=1S/C14H22O6S/c15-13(20-9-21(16,17)18)19-2-1-14-6-10-3-11(7-14)5-12(4-10)8-14/h10-12H,1-9H2,(H,16,17,18)/p-1. The van der Waals surface area contributed by atoms with Crippen molar-refractivity contribution in [3.8, 4) is 0 Å². The summed E-state index contributed by atoms with van der Waals surface area (Å²) in [5.74, 6) is 1.36. The molecule has 0 atom stereocenters. The Labute approximate surface area is 124 Å². The third-order valence-electron chi connectivity index (χ3n) is 5.34. The number of carbonyl (C=O) groups is 1. The molecule has 0 heterocycles. The van der Waals surface area contributed by atoms with Gasteiger partial charge in [0.2, 0.25) is 0 Å². The molecule has 0 unspecified atom stereocenters. The number of hydrogen-bond donors (Lipinski definition) is 0. The molecule has 4 fully saturated rings. The minimum Gasteiger partial charge on any atom is -0.745 e. The number of rotatable bonds is 5. The average molecular weight is 317 g/mol. The van der Waals surface area contributed by atoms with Gasteiger partial charge in [0, 0.05) is 0 Å². The fraction of sp³-hybridized carbons (Fsp3) is 0.929. The Kier molecular flexibility index (Phi) is 3.90. The molecule has 4 bridgehead atoms. The first-order valence-corrected chi connectivity index (χ1v) is 9.14. The number of carbonyl (C=O) groups excluding carboxylic acids is 1. The van der Waals surface area contributed by atoms with Gasteiger partial charge in [0.05, 0.1) is 6.61 Å². The quantitative estimate of drug-likeness (QED) is 0.570. The van der Waals surface area contributed by atoms with Gasteiger partial charge < -0.3 is 14.0 Å². The van der Waals surface area contributed by atoms with Gasteiger partial charge >= 0.3 is 6.16 Å². The molecular formula is C14H21O6S-. The Bertz CT molecular complexity index is 476. The summed E-state index contributed by atoms with van der Waals surface area (Å²) in [6.45, 7) is 0.240. The molecule has 0 aromatic rings. The summed E-state index contributed by atoms with van der Waals surface area (Å²) in [6, 6.07) is 0. The molecule has 120 valence electrons. The molecule has 21 heavy (non-hydrogen) atoms. The molecule has 0 saturated heterocycles. The van der Waals surface area contributed by atoms with Gasteiger partial charge in [-0.2, -0.15) is 0 Å². The van der Waals surface area contributed by atoms with Crippen LogP contribution in [-0.4, -0.2) is 31.7 Å². The van der Waals surface area contributed by atoms with Crippen LogP contribution in [0.25, 0.3) is 0 Å². The van der Waals surface area contributed by atoms with Crippen LogP contribution < -0.4 is 0 Å². The molecule has 4 saturated carbocycles. The highest BCUT2D eigenvalue weighted by Gasteiger charge is 2.50. The average Bonchev–Trinajstić information content (AvgIpc) is 2.33. The van der Waals surface area contributed by atoms with Crippen molar-refractivity contribution in [2.45, 2.75) is 44.9 Å². The normalized spacial score (nSPS) is 37.5. The predicted molar refractivity (Wildman–Crippen MR) is 72.2 cm³/mol. The molecule has 4 rings (SSSR count). The summed E-state index contributed by atoms with van der Waals surface area (Å²) >= 11 is 0. The first kappa shape index (κ1) is 15.1. The van der Waals surface area contributed by atoms with Gasteiger partial charge in [-0.1, -0.05) is 0 Å². The minimum atomic E-state index is -4.55. The van der Waals surface area contributed by atoms with E-state index in [0.29, 0.717) is 5.41 Å². The third-order valence-corrected chi connectivity index (χ3v) is 5.75. The molecule has 0 aromatic carbocycles. The van der Waals surface area contributed by atoms with Gasteiger partial charge in [-0.3, -0.25) is 0 Å². The van der Waals surface area contributed by atoms with Crippen LogP contribution in [0, 0.1) is 23.2 Å². The van der Waals surface area contributed by atoms with Crippen molar-refractivity contribution in [2.24, 2.45) is 23.2 Å². The maximum atomic E-state index is 11.2. The largest absolute Gasteiger partial charge is 0.745 e. The predicted octanol–water partition coefficient (Wildman–Crippen LogP) is 2.25. The summed E-state index contributed by atoms with van der Waals surface area (Å²) in [7, 11) is -4.55. The van der Waals surface area contributed by atoms with E-state index in [4.69, 9.17) is 4.74 Å². The molecular weight excluding hydrogens is 296 g/mol. The van der Waals surface area contributed by atoms with E-state index in [-0.39, 0.29) is 6.61 Å². The smallest absolute Gasteiger partial charge is 0.509 e. The Morgan fingerprint density at radius 1 is 1.05 bits per heavy atom. The van der Waals surface area contributed by atoms with E-state index in [0.717, 1.165) is 24.2 Å². The molecule has 4 aliphatic carbocycles. The van der Waals surface area contributed by atoms with Crippen LogP contribution in [0.15, 0.2) is 0 Å². The highest BCUT2D eigenvalue weighted by molar-refractivity contribution is 7.85. The van der Waals surface area contributed by atoms with E-state index < -0.39 is 22.2 Å². The monoisotopic (exact) mass is 317 g/mol. The van der Waals surface area contributed by atoms with Crippen molar-refractivity contribution in [1.29, 1.82) is 0 Å². The van der Waals surface area contributed by atoms with E-state index in [1.54, 1.807) is 0 Å². The summed E-state index contributed by atoms with van der Waals surface area (Å²) in [5, 5.41) is 0. The molecule has 0 aromatic heterocycles. The Balaban J connectivity index is 1.44. The SMILES string of the molecule is O=C(OCCC12CC3CC(CC(C3)C1)C2)OCS(=O)(=O)[O-]. The van der Waals surface area contributed by atoms with Crippen LogP contribution >= 0.6 is 0 Å². The summed E-state index contributed by atoms with van der Waals surface area (Å²) in [4.78, 5) is 11.2. The number of hydrogen-bond acceptors (Lipinski definition) is 6. The highest BCUT2D eigenvalue weighted by Crippen LogP contribution is 2.61. The minimum absolute atomic E-state index is 0.240. The molecule has 0 N–H and O–H groups in total. The third kappa shape index (κ3) is 3.69. The molecule has 0 amide bonds. The van der Waals surface area contributed by atoms with E-state index in [9.17, 15) is 17.8 Å². The van der Waals surface area contributed by atoms with Crippen LogP contribution in [0.3, 0.4) is 0 Å². The molecule has 0 radical (unpaired) electrons. The van der Waals surface area contributed by atoms with Gasteiger partial charge in [-0.25, -0.2) is 13.2 Å². The van der Waals surface area contributed by atoms with Crippen LogP contribution in [0.5, 0.6) is 0 Å². The van der Waals surface area contributed by atoms with Crippen LogP contribution in [0.2, 0.25) is 0 Å². The molecule has 0 aliphatic heterocycles. The van der Waals surface area contributed by atoms with E-state index in [1.807, 2.05) is 0 Å². The fourth-order valence-electron chi connectivity index (χ4n) is 5.11. The highest BCUT2D eigenvalue weighted by atomic mass is 32.2. The first-order chi connectivity index (χ1) is 9.84. The molecule has 7 heteroatoms. The zero-order valence-corrected chi connectivity index (χ0v) is 12.8. The van der Waals surface area contributed by atoms with Gasteiger partial charge in [0.1, 0.15) is 10.1 Å². The molecule has 6 nitrogen and oxygen atoms in total. The lowest BCUT2D eigenvalue weighted by molar-refractivity contribution is -0.0666. The van der Waals surface area contributed by atoms with E-state index in [1.165, 1.54) is 38.5 Å². The van der Waals surface area contributed by atoms with Gasteiger partial charge in [0.25, 0.3) is 0 Å². The van der Waals surface area contributed by atoms with Crippen LogP contribution in [0.4, 0.5) is 4.79 Å². The lowest BCUT2D eigenvalue weighted by Crippen LogP contribution is -2.46. The maximum absolute atomic E-state index is 11.2. The van der Waals surface area contributed by atoms with E-state index in [2.05, 4.69) is 4.74 Å². The summed E-state index contributed by atoms with van der Waals surface area (Å²) < 4.78 is 40.2. The molecule has 4 aliphatic rings. The Hall–Kier alpha value is -0.820. The topological polar surface area (TPSA) is 92.7 Å². The zero-order chi connectivity index (χ0) is 15.1. The maximum Gasteiger partial charge on any atom is 0.509 e. The Morgan fingerprint density at radius 3 is 2.05 bits per heavy atom. The van der Waals surface area contributed by atoms with Crippen LogP contribution in [-0.2, 0) is 19.6 Å². The lowest BCUT2D eigenvalue weighted by Gasteiger charge is -2.57. The van der Waals surface area contributed by atoms with Crippen molar-refractivity contribution in [1.82, 2.24) is 0 Å². The second-order valence-corrected chi connectivity index (χ2v) is 8.44. The summed E-state index contributed by atoms with van der Waals surface area (Å²) in [5.41, 5.74) is 0.305. The van der Waals surface area contributed by atoms with Gasteiger partial charge in [-0.05, 0) is 68.1 Å².